The first-order valence-electron chi connectivity index (χ1n) is 6.08. The highest BCUT2D eigenvalue weighted by Crippen LogP contribution is 2.19. The molecule has 2 aromatic rings. The largest absolute Gasteiger partial charge is 0.313 e. The van der Waals surface area contributed by atoms with E-state index >= 15 is 0 Å². The number of hydrogen-bond acceptors (Lipinski definition) is 3. The zero-order chi connectivity index (χ0) is 12.3. The van der Waals surface area contributed by atoms with Crippen molar-refractivity contribution < 1.29 is 0 Å². The molecule has 4 heteroatoms. The number of hydrogen-bond donors (Lipinski definition) is 1. The van der Waals surface area contributed by atoms with Crippen LogP contribution in [0, 0.1) is 6.92 Å². The molecule has 2 rings (SSSR count). The van der Waals surface area contributed by atoms with Gasteiger partial charge in [0.05, 0.1) is 11.4 Å². The van der Waals surface area contributed by atoms with Crippen LogP contribution in [0.25, 0.3) is 11.0 Å². The Morgan fingerprint density at radius 1 is 1.53 bits per heavy atom. The highest BCUT2D eigenvalue weighted by molar-refractivity contribution is 7.15. The van der Waals surface area contributed by atoms with Crippen LogP contribution < -0.4 is 5.32 Å². The second-order valence-corrected chi connectivity index (χ2v) is 4.95. The van der Waals surface area contributed by atoms with E-state index in [1.165, 1.54) is 11.3 Å². The second-order valence-electron chi connectivity index (χ2n) is 4.07. The fourth-order valence-corrected chi connectivity index (χ4v) is 2.61. The quantitative estimate of drug-likeness (QED) is 0.882. The molecule has 0 aliphatic rings. The number of nitrogens with zero attached hydrogens (tertiary/aromatic N) is 2. The van der Waals surface area contributed by atoms with Crippen molar-refractivity contribution >= 4 is 22.4 Å². The van der Waals surface area contributed by atoms with E-state index in [1.807, 2.05) is 0 Å². The third-order valence-electron chi connectivity index (χ3n) is 2.88. The molecule has 0 bridgehead atoms. The summed E-state index contributed by atoms with van der Waals surface area (Å²) in [6.07, 6.45) is 5.43. The van der Waals surface area contributed by atoms with Crippen molar-refractivity contribution in [2.24, 2.45) is 0 Å². The molecule has 0 fully saturated rings. The molecule has 0 aliphatic carbocycles. The number of aromatic nitrogens is 2. The third kappa shape index (κ3) is 2.58. The van der Waals surface area contributed by atoms with E-state index in [9.17, 15) is 0 Å². The van der Waals surface area contributed by atoms with Gasteiger partial charge in [-0.25, -0.2) is 4.98 Å². The van der Waals surface area contributed by atoms with Crippen LogP contribution in [0.1, 0.15) is 31.7 Å². The predicted molar refractivity (Wildman–Crippen MR) is 74.6 cm³/mol. The van der Waals surface area contributed by atoms with Gasteiger partial charge in [-0.1, -0.05) is 19.4 Å². The minimum Gasteiger partial charge on any atom is -0.313 e. The summed E-state index contributed by atoms with van der Waals surface area (Å²) in [4.78, 5) is 5.63. The number of thiazole rings is 1. The van der Waals surface area contributed by atoms with Crippen LogP contribution in [0.2, 0.25) is 0 Å². The summed E-state index contributed by atoms with van der Waals surface area (Å²) in [5, 5.41) is 5.46. The zero-order valence-electron chi connectivity index (χ0n) is 10.7. The Morgan fingerprint density at radius 3 is 3.06 bits per heavy atom. The molecular weight excluding hydrogens is 230 g/mol. The van der Waals surface area contributed by atoms with E-state index in [0.29, 0.717) is 0 Å². The molecular formula is C13H19N3S. The van der Waals surface area contributed by atoms with Crippen LogP contribution in [0.4, 0.5) is 0 Å². The van der Waals surface area contributed by atoms with E-state index in [4.69, 9.17) is 0 Å². The van der Waals surface area contributed by atoms with Crippen molar-refractivity contribution in [3.63, 3.8) is 0 Å². The van der Waals surface area contributed by atoms with Crippen LogP contribution in [-0.2, 0) is 0 Å². The molecule has 0 amide bonds. The highest BCUT2D eigenvalue weighted by atomic mass is 32.1. The van der Waals surface area contributed by atoms with Crippen molar-refractivity contribution in [1.29, 1.82) is 0 Å². The maximum Gasteiger partial charge on any atom is 0.194 e. The van der Waals surface area contributed by atoms with E-state index in [0.717, 1.165) is 30.2 Å². The molecule has 0 aliphatic heterocycles. The summed E-state index contributed by atoms with van der Waals surface area (Å²) in [6, 6.07) is 0. The lowest BCUT2D eigenvalue weighted by Crippen LogP contribution is -2.15. The minimum atomic E-state index is 0.962. The Bertz CT molecular complexity index is 522. The minimum absolute atomic E-state index is 0.962. The van der Waals surface area contributed by atoms with Crippen LogP contribution in [0.5, 0.6) is 0 Å². The molecule has 2 heterocycles. The second kappa shape index (κ2) is 5.47. The molecule has 1 N–H and O–H groups in total. The molecule has 0 spiro atoms. The van der Waals surface area contributed by atoms with Crippen molar-refractivity contribution in [1.82, 2.24) is 14.7 Å². The molecule has 0 saturated carbocycles. The number of fused-ring (bicyclic) bond motifs is 1. The molecule has 0 atom stereocenters. The summed E-state index contributed by atoms with van der Waals surface area (Å²) in [5.74, 6) is 0. The summed E-state index contributed by atoms with van der Waals surface area (Å²) in [6.45, 7) is 8.38. The lowest BCUT2D eigenvalue weighted by Gasteiger charge is -2.05. The fourth-order valence-electron chi connectivity index (χ4n) is 1.84. The summed E-state index contributed by atoms with van der Waals surface area (Å²) in [5.41, 5.74) is 3.75. The number of imidazole rings is 1. The van der Waals surface area contributed by atoms with E-state index in [2.05, 4.69) is 53.1 Å². The molecule has 92 valence electrons. The van der Waals surface area contributed by atoms with Gasteiger partial charge in [-0.05, 0) is 26.0 Å². The third-order valence-corrected chi connectivity index (χ3v) is 3.64. The Balaban J connectivity index is 2.34. The average molecular weight is 249 g/mol. The van der Waals surface area contributed by atoms with Crippen LogP contribution in [-0.4, -0.2) is 22.5 Å². The maximum absolute atomic E-state index is 4.56. The summed E-state index contributed by atoms with van der Waals surface area (Å²) >= 11 is 1.68. The van der Waals surface area contributed by atoms with Gasteiger partial charge in [0.2, 0.25) is 0 Å². The van der Waals surface area contributed by atoms with Gasteiger partial charge in [-0.3, -0.25) is 4.40 Å². The van der Waals surface area contributed by atoms with Crippen LogP contribution in [0.15, 0.2) is 17.2 Å². The van der Waals surface area contributed by atoms with Gasteiger partial charge in [-0.15, -0.1) is 11.3 Å². The normalized spacial score (nSPS) is 12.5. The van der Waals surface area contributed by atoms with Gasteiger partial charge in [0.1, 0.15) is 0 Å². The Kier molecular flexibility index (Phi) is 3.97. The molecule has 0 saturated heterocycles. The van der Waals surface area contributed by atoms with Crippen LogP contribution in [0.3, 0.4) is 0 Å². The monoisotopic (exact) mass is 249 g/mol. The fraction of sp³-hybridized carbons (Fsp3) is 0.462. The van der Waals surface area contributed by atoms with Gasteiger partial charge in [0.15, 0.2) is 4.96 Å². The molecule has 2 aromatic heterocycles. The molecule has 0 aromatic carbocycles. The molecule has 17 heavy (non-hydrogen) atoms. The Labute approximate surface area is 106 Å². The number of aryl methyl sites for hydroxylation is 1. The topological polar surface area (TPSA) is 29.3 Å². The number of rotatable bonds is 5. The maximum atomic E-state index is 4.56. The standard InChI is InChI=1S/C13H19N3S/c1-4-11(9-14-5-2)8-12-10(3)15-13-16(12)6-7-17-13/h6-8,14H,4-5,9H2,1-3H3. The van der Waals surface area contributed by atoms with Gasteiger partial charge < -0.3 is 5.32 Å². The van der Waals surface area contributed by atoms with Gasteiger partial charge >= 0.3 is 0 Å². The lowest BCUT2D eigenvalue weighted by atomic mass is 10.1. The van der Waals surface area contributed by atoms with Crippen LogP contribution >= 0.6 is 11.3 Å². The smallest absolute Gasteiger partial charge is 0.194 e. The molecule has 0 radical (unpaired) electrons. The van der Waals surface area contributed by atoms with Gasteiger partial charge in [-0.2, -0.15) is 0 Å². The average Bonchev–Trinajstić information content (AvgIpc) is 2.87. The molecule has 0 unspecified atom stereocenters. The van der Waals surface area contributed by atoms with Gasteiger partial charge in [0, 0.05) is 18.1 Å². The lowest BCUT2D eigenvalue weighted by molar-refractivity contribution is 0.761. The summed E-state index contributed by atoms with van der Waals surface area (Å²) < 4.78 is 2.17. The van der Waals surface area contributed by atoms with Crippen molar-refractivity contribution in [2.45, 2.75) is 27.2 Å². The van der Waals surface area contributed by atoms with E-state index in [1.54, 1.807) is 11.3 Å². The number of nitrogens with one attached hydrogen (secondary N) is 1. The predicted octanol–water partition coefficient (Wildman–Crippen LogP) is 3.11. The zero-order valence-corrected chi connectivity index (χ0v) is 11.5. The first-order chi connectivity index (χ1) is 8.26. The first kappa shape index (κ1) is 12.3. The number of likely N-dealkylation sites (N-methyl/N-ethyl adjacent to an activating group) is 1. The van der Waals surface area contributed by atoms with Gasteiger partial charge in [0.25, 0.3) is 0 Å². The summed E-state index contributed by atoms with van der Waals surface area (Å²) in [7, 11) is 0. The Hall–Kier alpha value is -1.13. The highest BCUT2D eigenvalue weighted by Gasteiger charge is 2.07. The SMILES string of the molecule is CCNCC(=Cc1c(C)nc2sccn12)CC. The van der Waals surface area contributed by atoms with Crippen molar-refractivity contribution in [3.8, 4) is 0 Å². The van der Waals surface area contributed by atoms with Crippen molar-refractivity contribution in [2.75, 3.05) is 13.1 Å². The Morgan fingerprint density at radius 2 is 2.35 bits per heavy atom. The van der Waals surface area contributed by atoms with E-state index < -0.39 is 0 Å². The van der Waals surface area contributed by atoms with Crippen molar-refractivity contribution in [3.05, 3.63) is 28.5 Å². The molecule has 3 nitrogen and oxygen atoms in total. The van der Waals surface area contributed by atoms with E-state index in [-0.39, 0.29) is 0 Å². The first-order valence-corrected chi connectivity index (χ1v) is 6.96.